The number of para-hydroxylation sites is 1. The Hall–Kier alpha value is -1.22. The molecule has 1 heterocycles. The average molecular weight is 509 g/mol. The van der Waals surface area contributed by atoms with Crippen molar-refractivity contribution in [2.24, 2.45) is 10.9 Å². The van der Waals surface area contributed by atoms with Gasteiger partial charge in [-0.2, -0.15) is 0 Å². The van der Waals surface area contributed by atoms with E-state index in [1.807, 2.05) is 43.9 Å². The normalized spacial score (nSPS) is 16.9. The van der Waals surface area contributed by atoms with Crippen molar-refractivity contribution < 1.29 is 9.53 Å². The SMILES string of the molecule is CCNC(=NCCOc1ccccc1Cl)NC1CCN(C(=O)C(C)C)C1.I. The van der Waals surface area contributed by atoms with Crippen LogP contribution < -0.4 is 15.4 Å². The number of hydrogen-bond donors (Lipinski definition) is 2. The average Bonchev–Trinajstić information content (AvgIpc) is 3.07. The second-order valence-corrected chi connectivity index (χ2v) is 7.02. The minimum atomic E-state index is 0. The maximum absolute atomic E-state index is 12.1. The number of rotatable bonds is 7. The fourth-order valence-corrected chi connectivity index (χ4v) is 3.02. The van der Waals surface area contributed by atoms with Crippen LogP contribution in [-0.4, -0.2) is 55.6 Å². The molecule has 1 aliphatic rings. The first-order valence-corrected chi connectivity index (χ1v) is 9.60. The number of ether oxygens (including phenoxy) is 1. The highest BCUT2D eigenvalue weighted by Gasteiger charge is 2.27. The molecule has 1 amide bonds. The topological polar surface area (TPSA) is 66.0 Å². The van der Waals surface area contributed by atoms with Gasteiger partial charge in [0.05, 0.1) is 11.6 Å². The van der Waals surface area contributed by atoms with E-state index < -0.39 is 0 Å². The number of carbonyl (C=O) groups is 1. The molecule has 1 unspecified atom stereocenters. The summed E-state index contributed by atoms with van der Waals surface area (Å²) in [7, 11) is 0. The van der Waals surface area contributed by atoms with Crippen LogP contribution in [0.1, 0.15) is 27.2 Å². The molecule has 0 saturated carbocycles. The molecule has 152 valence electrons. The zero-order valence-electron chi connectivity index (χ0n) is 16.2. The van der Waals surface area contributed by atoms with E-state index in [-0.39, 0.29) is 41.8 Å². The molecular weight excluding hydrogens is 479 g/mol. The van der Waals surface area contributed by atoms with E-state index in [1.54, 1.807) is 6.07 Å². The summed E-state index contributed by atoms with van der Waals surface area (Å²) in [5.41, 5.74) is 0. The third-order valence-corrected chi connectivity index (χ3v) is 4.45. The predicted octanol–water partition coefficient (Wildman–Crippen LogP) is 3.15. The lowest BCUT2D eigenvalue weighted by Gasteiger charge is -2.20. The van der Waals surface area contributed by atoms with Crippen LogP contribution in [0.3, 0.4) is 0 Å². The first-order chi connectivity index (χ1) is 12.5. The third-order valence-electron chi connectivity index (χ3n) is 4.13. The number of benzene rings is 1. The van der Waals surface area contributed by atoms with Gasteiger partial charge in [-0.15, -0.1) is 24.0 Å². The van der Waals surface area contributed by atoms with Crippen LogP contribution >= 0.6 is 35.6 Å². The largest absolute Gasteiger partial charge is 0.490 e. The Morgan fingerprint density at radius 2 is 2.15 bits per heavy atom. The minimum absolute atomic E-state index is 0. The van der Waals surface area contributed by atoms with Gasteiger partial charge in [0, 0.05) is 31.6 Å². The van der Waals surface area contributed by atoms with E-state index in [9.17, 15) is 4.79 Å². The van der Waals surface area contributed by atoms with E-state index >= 15 is 0 Å². The van der Waals surface area contributed by atoms with Gasteiger partial charge in [0.25, 0.3) is 0 Å². The van der Waals surface area contributed by atoms with Gasteiger partial charge in [0.1, 0.15) is 12.4 Å². The van der Waals surface area contributed by atoms with E-state index in [2.05, 4.69) is 15.6 Å². The summed E-state index contributed by atoms with van der Waals surface area (Å²) in [4.78, 5) is 18.6. The molecule has 0 bridgehead atoms. The molecule has 1 saturated heterocycles. The summed E-state index contributed by atoms with van der Waals surface area (Å²) in [5.74, 6) is 1.67. The molecule has 8 heteroatoms. The molecule has 2 rings (SSSR count). The van der Waals surface area contributed by atoms with Gasteiger partial charge < -0.3 is 20.3 Å². The van der Waals surface area contributed by atoms with E-state index in [0.717, 1.165) is 32.0 Å². The first-order valence-electron chi connectivity index (χ1n) is 9.22. The van der Waals surface area contributed by atoms with Crippen LogP contribution in [0.2, 0.25) is 5.02 Å². The zero-order chi connectivity index (χ0) is 18.9. The second-order valence-electron chi connectivity index (χ2n) is 6.61. The Kier molecular flexibility index (Phi) is 10.8. The highest BCUT2D eigenvalue weighted by Crippen LogP contribution is 2.22. The van der Waals surface area contributed by atoms with Gasteiger partial charge >= 0.3 is 0 Å². The molecule has 0 spiro atoms. The summed E-state index contributed by atoms with van der Waals surface area (Å²) in [6.07, 6.45) is 0.930. The number of carbonyl (C=O) groups excluding carboxylic acids is 1. The Bertz CT molecular complexity index is 627. The number of aliphatic imine (C=N–C) groups is 1. The fraction of sp³-hybridized carbons (Fsp3) is 0.579. The maximum Gasteiger partial charge on any atom is 0.225 e. The third kappa shape index (κ3) is 7.73. The Morgan fingerprint density at radius 3 is 2.81 bits per heavy atom. The van der Waals surface area contributed by atoms with Gasteiger partial charge in [0.2, 0.25) is 5.91 Å². The molecule has 0 aromatic heterocycles. The van der Waals surface area contributed by atoms with Crippen molar-refractivity contribution in [3.63, 3.8) is 0 Å². The summed E-state index contributed by atoms with van der Waals surface area (Å²) < 4.78 is 5.66. The standard InChI is InChI=1S/C19H29ClN4O2.HI/c1-4-21-19(22-10-12-26-17-8-6-5-7-16(17)20)23-15-9-11-24(13-15)18(25)14(2)3;/h5-8,14-15H,4,9-13H2,1-3H3,(H2,21,22,23);1H. The van der Waals surface area contributed by atoms with Crippen LogP contribution in [0.5, 0.6) is 5.75 Å². The molecule has 1 aromatic carbocycles. The number of hydrogen-bond acceptors (Lipinski definition) is 3. The summed E-state index contributed by atoms with van der Waals surface area (Å²) >= 11 is 6.07. The van der Waals surface area contributed by atoms with Gasteiger partial charge in [-0.05, 0) is 25.5 Å². The van der Waals surface area contributed by atoms with Gasteiger partial charge in [-0.25, -0.2) is 4.99 Å². The first kappa shape index (κ1) is 23.8. The maximum atomic E-state index is 12.1. The molecule has 1 aliphatic heterocycles. The number of halogens is 2. The molecule has 0 aliphatic carbocycles. The van der Waals surface area contributed by atoms with Crippen molar-refractivity contribution in [2.45, 2.75) is 33.2 Å². The molecule has 1 aromatic rings. The Labute approximate surface area is 184 Å². The van der Waals surface area contributed by atoms with Crippen molar-refractivity contribution in [2.75, 3.05) is 32.8 Å². The van der Waals surface area contributed by atoms with Gasteiger partial charge in [-0.1, -0.05) is 37.6 Å². The van der Waals surface area contributed by atoms with E-state index in [4.69, 9.17) is 16.3 Å². The lowest BCUT2D eigenvalue weighted by atomic mass is 10.2. The van der Waals surface area contributed by atoms with Crippen molar-refractivity contribution in [1.82, 2.24) is 15.5 Å². The van der Waals surface area contributed by atoms with Crippen LogP contribution in [0.15, 0.2) is 29.3 Å². The smallest absolute Gasteiger partial charge is 0.225 e. The fourth-order valence-electron chi connectivity index (χ4n) is 2.83. The molecule has 1 atom stereocenters. The molecular formula is C19H30ClIN4O2. The lowest BCUT2D eigenvalue weighted by Crippen LogP contribution is -2.45. The van der Waals surface area contributed by atoms with Gasteiger partial charge in [-0.3, -0.25) is 4.79 Å². The lowest BCUT2D eigenvalue weighted by molar-refractivity contribution is -0.133. The summed E-state index contributed by atoms with van der Waals surface area (Å²) in [6.45, 7) is 9.16. The molecule has 27 heavy (non-hydrogen) atoms. The number of likely N-dealkylation sites (tertiary alicyclic amines) is 1. The molecule has 1 fully saturated rings. The highest BCUT2D eigenvalue weighted by molar-refractivity contribution is 14.0. The summed E-state index contributed by atoms with van der Waals surface area (Å²) in [6, 6.07) is 7.63. The van der Waals surface area contributed by atoms with E-state index in [0.29, 0.717) is 23.9 Å². The highest BCUT2D eigenvalue weighted by atomic mass is 127. The minimum Gasteiger partial charge on any atom is -0.490 e. The van der Waals surface area contributed by atoms with Crippen LogP contribution in [-0.2, 0) is 4.79 Å². The number of nitrogens with zero attached hydrogens (tertiary/aromatic N) is 2. The van der Waals surface area contributed by atoms with Gasteiger partial charge in [0.15, 0.2) is 5.96 Å². The number of amides is 1. The van der Waals surface area contributed by atoms with Crippen molar-refractivity contribution >= 4 is 47.4 Å². The predicted molar refractivity (Wildman–Crippen MR) is 121 cm³/mol. The van der Waals surface area contributed by atoms with Crippen molar-refractivity contribution in [3.8, 4) is 5.75 Å². The Morgan fingerprint density at radius 1 is 1.41 bits per heavy atom. The monoisotopic (exact) mass is 508 g/mol. The van der Waals surface area contributed by atoms with Crippen LogP contribution in [0, 0.1) is 5.92 Å². The number of guanidine groups is 1. The molecule has 0 radical (unpaired) electrons. The van der Waals surface area contributed by atoms with Crippen LogP contribution in [0.25, 0.3) is 0 Å². The molecule has 2 N–H and O–H groups in total. The van der Waals surface area contributed by atoms with Crippen molar-refractivity contribution in [1.29, 1.82) is 0 Å². The zero-order valence-corrected chi connectivity index (χ0v) is 19.3. The second kappa shape index (κ2) is 12.3. The molecule has 6 nitrogen and oxygen atoms in total. The van der Waals surface area contributed by atoms with Crippen LogP contribution in [0.4, 0.5) is 0 Å². The Balaban J connectivity index is 0.00000364. The van der Waals surface area contributed by atoms with E-state index in [1.165, 1.54) is 0 Å². The van der Waals surface area contributed by atoms with Crippen molar-refractivity contribution in [3.05, 3.63) is 29.3 Å². The number of nitrogens with one attached hydrogen (secondary N) is 2. The summed E-state index contributed by atoms with van der Waals surface area (Å²) in [5, 5.41) is 7.25. The quantitative estimate of drug-likeness (QED) is 0.257.